The molecule has 1 aliphatic rings. The summed E-state index contributed by atoms with van der Waals surface area (Å²) in [6.07, 6.45) is 4.60. The molecule has 0 bridgehead atoms. The minimum absolute atomic E-state index is 0.196. The third-order valence-electron chi connectivity index (χ3n) is 4.32. The van der Waals surface area contributed by atoms with Crippen LogP contribution in [0.5, 0.6) is 0 Å². The van der Waals surface area contributed by atoms with Crippen LogP contribution < -0.4 is 5.73 Å². The first-order valence-corrected chi connectivity index (χ1v) is 8.24. The van der Waals surface area contributed by atoms with E-state index in [1.54, 1.807) is 12.1 Å². The maximum atomic E-state index is 11.8. The Balaban J connectivity index is 1.87. The molecular formula is C18H24N4O2. The molecule has 0 spiro atoms. The van der Waals surface area contributed by atoms with E-state index in [4.69, 9.17) is 5.73 Å². The lowest BCUT2D eigenvalue weighted by atomic mass is 9.76. The Kier molecular flexibility index (Phi) is 3.95. The lowest BCUT2D eigenvalue weighted by Crippen LogP contribution is -2.47. The molecule has 1 aromatic heterocycles. The van der Waals surface area contributed by atoms with Gasteiger partial charge in [0.05, 0.1) is 12.2 Å². The van der Waals surface area contributed by atoms with Gasteiger partial charge in [0.15, 0.2) is 0 Å². The van der Waals surface area contributed by atoms with Gasteiger partial charge in [-0.15, -0.1) is 5.10 Å². The first kappa shape index (κ1) is 16.6. The van der Waals surface area contributed by atoms with Gasteiger partial charge in [-0.25, -0.2) is 9.48 Å². The van der Waals surface area contributed by atoms with Crippen molar-refractivity contribution in [3.8, 4) is 11.3 Å². The van der Waals surface area contributed by atoms with Crippen molar-refractivity contribution >= 4 is 5.97 Å². The van der Waals surface area contributed by atoms with E-state index in [0.29, 0.717) is 18.0 Å². The van der Waals surface area contributed by atoms with Crippen molar-refractivity contribution in [3.63, 3.8) is 0 Å². The molecule has 2 aromatic rings. The molecule has 0 unspecified atom stereocenters. The summed E-state index contributed by atoms with van der Waals surface area (Å²) < 4.78 is 1.90. The lowest BCUT2D eigenvalue weighted by Gasteiger charge is -2.32. The number of carboxylic acid groups (broad SMARTS) is 1. The number of rotatable bonds is 5. The lowest BCUT2D eigenvalue weighted by molar-refractivity contribution is -0.145. The van der Waals surface area contributed by atoms with Crippen molar-refractivity contribution < 1.29 is 9.90 Å². The van der Waals surface area contributed by atoms with Crippen molar-refractivity contribution in [2.75, 3.05) is 0 Å². The Morgan fingerprint density at radius 2 is 1.92 bits per heavy atom. The zero-order valence-corrected chi connectivity index (χ0v) is 14.4. The molecule has 6 heteroatoms. The Morgan fingerprint density at radius 1 is 1.29 bits per heavy atom. The topological polar surface area (TPSA) is 94.0 Å². The summed E-state index contributed by atoms with van der Waals surface area (Å²) in [6.45, 7) is 5.96. The molecular weight excluding hydrogens is 304 g/mol. The summed E-state index contributed by atoms with van der Waals surface area (Å²) in [7, 11) is 0. The first-order chi connectivity index (χ1) is 11.2. The number of hydrogen-bond donors (Lipinski definition) is 2. The Hall–Kier alpha value is -2.21. The van der Waals surface area contributed by atoms with Crippen molar-refractivity contribution in [2.45, 2.75) is 51.6 Å². The van der Waals surface area contributed by atoms with Crippen LogP contribution >= 0.6 is 0 Å². The summed E-state index contributed by atoms with van der Waals surface area (Å²) in [5.74, 6) is -1.01. The highest BCUT2D eigenvalue weighted by Crippen LogP contribution is 2.36. The number of hydrogen-bond acceptors (Lipinski definition) is 4. The molecule has 0 saturated heterocycles. The zero-order chi connectivity index (χ0) is 17.5. The standard InChI is InChI=1S/C18H24N4O2/c1-17(2,3)11-18(19,16(23)24)13-6-4-12(5-7-13)15-10-22(21-20-15)14-8-9-14/h4-7,10,14H,8-9,11,19H2,1-3H3,(H,23,24)/t18-/m1/s1. The van der Waals surface area contributed by atoms with E-state index in [0.717, 1.165) is 24.1 Å². The molecule has 1 aromatic carbocycles. The van der Waals surface area contributed by atoms with Gasteiger partial charge < -0.3 is 10.8 Å². The molecule has 0 radical (unpaired) electrons. The normalized spacial score (nSPS) is 17.5. The average Bonchev–Trinajstić information content (AvgIpc) is 3.23. The molecule has 6 nitrogen and oxygen atoms in total. The van der Waals surface area contributed by atoms with Gasteiger partial charge >= 0.3 is 5.97 Å². The predicted octanol–water partition coefficient (Wildman–Crippen LogP) is 2.95. The quantitative estimate of drug-likeness (QED) is 0.880. The molecule has 128 valence electrons. The third-order valence-corrected chi connectivity index (χ3v) is 4.32. The first-order valence-electron chi connectivity index (χ1n) is 8.24. The Bertz CT molecular complexity index is 741. The van der Waals surface area contributed by atoms with Crippen molar-refractivity contribution in [1.29, 1.82) is 0 Å². The van der Waals surface area contributed by atoms with Crippen LogP contribution in [0.4, 0.5) is 0 Å². The average molecular weight is 328 g/mol. The zero-order valence-electron chi connectivity index (χ0n) is 14.4. The van der Waals surface area contributed by atoms with E-state index < -0.39 is 11.5 Å². The second-order valence-electron chi connectivity index (χ2n) is 7.91. The summed E-state index contributed by atoms with van der Waals surface area (Å²) in [4.78, 5) is 11.8. The van der Waals surface area contributed by atoms with E-state index in [1.807, 2.05) is 43.8 Å². The van der Waals surface area contributed by atoms with Crippen molar-refractivity contribution in [2.24, 2.45) is 11.1 Å². The number of carboxylic acids is 1. The fourth-order valence-corrected chi connectivity index (χ4v) is 3.00. The monoisotopic (exact) mass is 328 g/mol. The van der Waals surface area contributed by atoms with E-state index in [9.17, 15) is 9.90 Å². The molecule has 0 aliphatic heterocycles. The summed E-state index contributed by atoms with van der Waals surface area (Å²) >= 11 is 0. The molecule has 1 fully saturated rings. The van der Waals surface area contributed by atoms with Crippen LogP contribution in [0.3, 0.4) is 0 Å². The van der Waals surface area contributed by atoms with E-state index >= 15 is 0 Å². The summed E-state index contributed by atoms with van der Waals surface area (Å²) in [6, 6.07) is 7.78. The van der Waals surface area contributed by atoms with E-state index in [-0.39, 0.29) is 5.41 Å². The molecule has 3 N–H and O–H groups in total. The number of aromatic nitrogens is 3. The summed E-state index contributed by atoms with van der Waals surface area (Å²) in [5.41, 5.74) is 6.97. The molecule has 1 aliphatic carbocycles. The van der Waals surface area contributed by atoms with E-state index in [2.05, 4.69) is 10.3 Å². The molecule has 0 amide bonds. The van der Waals surface area contributed by atoms with Gasteiger partial charge in [-0.3, -0.25) is 0 Å². The van der Waals surface area contributed by atoms with Gasteiger partial charge in [0.2, 0.25) is 0 Å². The van der Waals surface area contributed by atoms with Gasteiger partial charge in [0.25, 0.3) is 0 Å². The van der Waals surface area contributed by atoms with Crippen LogP contribution in [0, 0.1) is 5.41 Å². The molecule has 3 rings (SSSR count). The van der Waals surface area contributed by atoms with Crippen LogP contribution in [0.25, 0.3) is 11.3 Å². The van der Waals surface area contributed by atoms with Gasteiger partial charge in [-0.1, -0.05) is 50.3 Å². The molecule has 1 atom stereocenters. The second kappa shape index (κ2) is 5.70. The highest BCUT2D eigenvalue weighted by atomic mass is 16.4. The minimum atomic E-state index is -1.40. The fraction of sp³-hybridized carbons (Fsp3) is 0.500. The van der Waals surface area contributed by atoms with E-state index in [1.165, 1.54) is 0 Å². The van der Waals surface area contributed by atoms with Crippen LogP contribution in [0.15, 0.2) is 30.5 Å². The Labute approximate surface area is 141 Å². The smallest absolute Gasteiger partial charge is 0.328 e. The van der Waals surface area contributed by atoms with Crippen molar-refractivity contribution in [3.05, 3.63) is 36.0 Å². The van der Waals surface area contributed by atoms with Gasteiger partial charge in [-0.2, -0.15) is 0 Å². The highest BCUT2D eigenvalue weighted by Gasteiger charge is 2.39. The second-order valence-corrected chi connectivity index (χ2v) is 7.91. The minimum Gasteiger partial charge on any atom is -0.480 e. The number of carbonyl (C=O) groups is 1. The van der Waals surface area contributed by atoms with Crippen LogP contribution in [-0.4, -0.2) is 26.1 Å². The number of aliphatic carboxylic acids is 1. The molecule has 1 saturated carbocycles. The maximum absolute atomic E-state index is 11.8. The Morgan fingerprint density at radius 3 is 2.42 bits per heavy atom. The molecule has 24 heavy (non-hydrogen) atoms. The number of nitrogens with two attached hydrogens (primary N) is 1. The predicted molar refractivity (Wildman–Crippen MR) is 91.3 cm³/mol. The molecule has 1 heterocycles. The van der Waals surface area contributed by atoms with Gasteiger partial charge in [-0.05, 0) is 30.2 Å². The van der Waals surface area contributed by atoms with Crippen LogP contribution in [-0.2, 0) is 10.3 Å². The number of nitrogens with zero attached hydrogens (tertiary/aromatic N) is 3. The summed E-state index contributed by atoms with van der Waals surface area (Å²) in [5, 5.41) is 18.0. The largest absolute Gasteiger partial charge is 0.480 e. The fourth-order valence-electron chi connectivity index (χ4n) is 3.00. The third kappa shape index (κ3) is 3.33. The van der Waals surface area contributed by atoms with Gasteiger partial charge in [0, 0.05) is 5.56 Å². The van der Waals surface area contributed by atoms with Gasteiger partial charge in [0.1, 0.15) is 11.2 Å². The number of benzene rings is 1. The SMILES string of the molecule is CC(C)(C)C[C@](N)(C(=O)O)c1ccc(-c2cn(C3CC3)nn2)cc1. The van der Waals surface area contributed by atoms with Crippen LogP contribution in [0.1, 0.15) is 51.6 Å². The highest BCUT2D eigenvalue weighted by molar-refractivity contribution is 5.81. The maximum Gasteiger partial charge on any atom is 0.328 e. The van der Waals surface area contributed by atoms with Crippen molar-refractivity contribution in [1.82, 2.24) is 15.0 Å². The van der Waals surface area contributed by atoms with Crippen LogP contribution in [0.2, 0.25) is 0 Å².